The number of aryl methyl sites for hydroxylation is 1. The number of fused-ring (bicyclic) bond motifs is 1. The van der Waals surface area contributed by atoms with Crippen molar-refractivity contribution < 1.29 is 4.79 Å². The molecule has 1 saturated carbocycles. The summed E-state index contributed by atoms with van der Waals surface area (Å²) in [6, 6.07) is 8.15. The van der Waals surface area contributed by atoms with Crippen molar-refractivity contribution in [2.45, 2.75) is 39.5 Å². The van der Waals surface area contributed by atoms with Crippen LogP contribution in [0.5, 0.6) is 0 Å². The molecule has 1 aromatic carbocycles. The number of pyridine rings is 1. The third-order valence-corrected chi connectivity index (χ3v) is 4.77. The third-order valence-electron chi connectivity index (χ3n) is 4.77. The molecule has 128 valence electrons. The van der Waals surface area contributed by atoms with Crippen molar-refractivity contribution in [2.75, 3.05) is 20.1 Å². The molecule has 0 radical (unpaired) electrons. The van der Waals surface area contributed by atoms with Crippen molar-refractivity contribution in [3.05, 3.63) is 41.1 Å². The van der Waals surface area contributed by atoms with Crippen molar-refractivity contribution in [1.29, 1.82) is 0 Å². The number of amides is 1. The second kappa shape index (κ2) is 6.17. The zero-order chi connectivity index (χ0) is 17.5. The van der Waals surface area contributed by atoms with E-state index in [1.54, 1.807) is 4.90 Å². The Morgan fingerprint density at radius 3 is 2.67 bits per heavy atom. The standard InChI is InChI=1S/C20H27N3O/c1-13-5-8-17-15(9-13)16(10-18(22-17)14-6-7-14)19(24)23(4)12-20(2,3)11-21/h5,8-10,14H,6-7,11-12,21H2,1-4H3. The quantitative estimate of drug-likeness (QED) is 0.915. The Bertz CT molecular complexity index is 778. The van der Waals surface area contributed by atoms with Crippen molar-refractivity contribution in [3.63, 3.8) is 0 Å². The fourth-order valence-electron chi connectivity index (χ4n) is 3.11. The smallest absolute Gasteiger partial charge is 0.254 e. The summed E-state index contributed by atoms with van der Waals surface area (Å²) in [7, 11) is 1.86. The minimum atomic E-state index is -0.0948. The molecule has 4 nitrogen and oxygen atoms in total. The van der Waals surface area contributed by atoms with Crippen LogP contribution >= 0.6 is 0 Å². The van der Waals surface area contributed by atoms with Crippen LogP contribution in [0.4, 0.5) is 0 Å². The summed E-state index contributed by atoms with van der Waals surface area (Å²) in [4.78, 5) is 19.7. The first-order chi connectivity index (χ1) is 11.3. The minimum Gasteiger partial charge on any atom is -0.341 e. The number of carbonyl (C=O) groups is 1. The Morgan fingerprint density at radius 1 is 1.33 bits per heavy atom. The summed E-state index contributed by atoms with van der Waals surface area (Å²) in [6.07, 6.45) is 2.35. The molecule has 0 saturated heterocycles. The maximum Gasteiger partial charge on any atom is 0.254 e. The van der Waals surface area contributed by atoms with E-state index in [0.717, 1.165) is 27.7 Å². The fraction of sp³-hybridized carbons (Fsp3) is 0.500. The SMILES string of the molecule is Cc1ccc2nc(C3CC3)cc(C(=O)N(C)CC(C)(C)CN)c2c1. The molecule has 0 aliphatic heterocycles. The number of hydrogen-bond acceptors (Lipinski definition) is 3. The Labute approximate surface area is 144 Å². The number of nitrogens with two attached hydrogens (primary N) is 1. The fourth-order valence-corrected chi connectivity index (χ4v) is 3.11. The second-order valence-electron chi connectivity index (χ2n) is 7.92. The van der Waals surface area contributed by atoms with Gasteiger partial charge in [0, 0.05) is 30.6 Å². The summed E-state index contributed by atoms with van der Waals surface area (Å²) in [6.45, 7) is 7.40. The summed E-state index contributed by atoms with van der Waals surface area (Å²) < 4.78 is 0. The largest absolute Gasteiger partial charge is 0.341 e. The van der Waals surface area contributed by atoms with E-state index in [2.05, 4.69) is 26.0 Å². The van der Waals surface area contributed by atoms with Crippen LogP contribution in [0.1, 0.15) is 54.2 Å². The maximum atomic E-state index is 13.1. The summed E-state index contributed by atoms with van der Waals surface area (Å²) in [5, 5.41) is 0.946. The van der Waals surface area contributed by atoms with Crippen LogP contribution in [0, 0.1) is 12.3 Å². The Morgan fingerprint density at radius 2 is 2.04 bits per heavy atom. The van der Waals surface area contributed by atoms with Gasteiger partial charge in [-0.15, -0.1) is 0 Å². The zero-order valence-corrected chi connectivity index (χ0v) is 15.1. The van der Waals surface area contributed by atoms with E-state index in [1.165, 1.54) is 12.8 Å². The number of nitrogens with zero attached hydrogens (tertiary/aromatic N) is 2. The van der Waals surface area contributed by atoms with Gasteiger partial charge in [0.05, 0.1) is 11.1 Å². The number of aromatic nitrogens is 1. The van der Waals surface area contributed by atoms with Gasteiger partial charge < -0.3 is 10.6 Å². The van der Waals surface area contributed by atoms with Gasteiger partial charge in [0.15, 0.2) is 0 Å². The van der Waals surface area contributed by atoms with E-state index in [1.807, 2.05) is 26.1 Å². The van der Waals surface area contributed by atoms with Crippen LogP contribution in [-0.2, 0) is 0 Å². The van der Waals surface area contributed by atoms with Crippen molar-refractivity contribution in [1.82, 2.24) is 9.88 Å². The lowest BCUT2D eigenvalue weighted by atomic mass is 9.93. The molecule has 4 heteroatoms. The number of hydrogen-bond donors (Lipinski definition) is 1. The molecule has 0 spiro atoms. The van der Waals surface area contributed by atoms with Crippen LogP contribution in [0.25, 0.3) is 10.9 Å². The highest BCUT2D eigenvalue weighted by Crippen LogP contribution is 2.40. The van der Waals surface area contributed by atoms with E-state index in [0.29, 0.717) is 19.0 Å². The predicted octanol–water partition coefficient (Wildman–Crippen LogP) is 3.48. The highest BCUT2D eigenvalue weighted by Gasteiger charge is 2.28. The maximum absolute atomic E-state index is 13.1. The highest BCUT2D eigenvalue weighted by molar-refractivity contribution is 6.06. The average Bonchev–Trinajstić information content (AvgIpc) is 3.37. The molecule has 0 unspecified atom stereocenters. The predicted molar refractivity (Wildman–Crippen MR) is 98.3 cm³/mol. The molecule has 1 heterocycles. The van der Waals surface area contributed by atoms with Gasteiger partial charge in [-0.1, -0.05) is 25.5 Å². The van der Waals surface area contributed by atoms with Gasteiger partial charge in [0.25, 0.3) is 5.91 Å². The number of benzene rings is 1. The van der Waals surface area contributed by atoms with Crippen LogP contribution in [0.3, 0.4) is 0 Å². The molecule has 0 bridgehead atoms. The minimum absolute atomic E-state index is 0.0522. The average molecular weight is 325 g/mol. The molecule has 0 atom stereocenters. The van der Waals surface area contributed by atoms with Gasteiger partial charge >= 0.3 is 0 Å². The Balaban J connectivity index is 2.03. The lowest BCUT2D eigenvalue weighted by Gasteiger charge is -2.29. The lowest BCUT2D eigenvalue weighted by molar-refractivity contribution is 0.0742. The van der Waals surface area contributed by atoms with Crippen molar-refractivity contribution >= 4 is 16.8 Å². The van der Waals surface area contributed by atoms with E-state index in [9.17, 15) is 4.79 Å². The monoisotopic (exact) mass is 325 g/mol. The number of rotatable bonds is 5. The molecule has 3 rings (SSSR count). The van der Waals surface area contributed by atoms with Crippen molar-refractivity contribution in [3.8, 4) is 0 Å². The third kappa shape index (κ3) is 3.44. The zero-order valence-electron chi connectivity index (χ0n) is 15.1. The molecule has 1 amide bonds. The topological polar surface area (TPSA) is 59.2 Å². The Hall–Kier alpha value is -1.94. The lowest BCUT2D eigenvalue weighted by Crippen LogP contribution is -2.39. The van der Waals surface area contributed by atoms with Crippen molar-refractivity contribution in [2.24, 2.45) is 11.1 Å². The molecule has 1 aromatic heterocycles. The second-order valence-corrected chi connectivity index (χ2v) is 7.92. The molecule has 2 aromatic rings. The van der Waals surface area contributed by atoms with Gasteiger partial charge in [-0.25, -0.2) is 0 Å². The molecule has 1 fully saturated rings. The highest BCUT2D eigenvalue weighted by atomic mass is 16.2. The first kappa shape index (κ1) is 16.9. The van der Waals surface area contributed by atoms with Gasteiger partial charge in [-0.05, 0) is 49.9 Å². The summed E-state index contributed by atoms with van der Waals surface area (Å²) >= 11 is 0. The van der Waals surface area contributed by atoms with E-state index in [4.69, 9.17) is 10.7 Å². The first-order valence-electron chi connectivity index (χ1n) is 8.67. The van der Waals surface area contributed by atoms with Gasteiger partial charge in [-0.3, -0.25) is 9.78 Å². The normalized spacial score (nSPS) is 14.9. The van der Waals surface area contributed by atoms with E-state index >= 15 is 0 Å². The van der Waals surface area contributed by atoms with Crippen LogP contribution in [0.15, 0.2) is 24.3 Å². The van der Waals surface area contributed by atoms with E-state index in [-0.39, 0.29) is 11.3 Å². The first-order valence-corrected chi connectivity index (χ1v) is 8.67. The molecule has 1 aliphatic rings. The number of carbonyl (C=O) groups excluding carboxylic acids is 1. The summed E-state index contributed by atoms with van der Waals surface area (Å²) in [5.74, 6) is 0.574. The molecular formula is C20H27N3O. The molecule has 1 aliphatic carbocycles. The van der Waals surface area contributed by atoms with Crippen LogP contribution < -0.4 is 5.73 Å². The van der Waals surface area contributed by atoms with Crippen LogP contribution in [0.2, 0.25) is 0 Å². The molecule has 24 heavy (non-hydrogen) atoms. The molecule has 2 N–H and O–H groups in total. The summed E-state index contributed by atoms with van der Waals surface area (Å²) in [5.41, 5.74) is 9.61. The Kier molecular flexibility index (Phi) is 4.35. The van der Waals surface area contributed by atoms with Crippen LogP contribution in [-0.4, -0.2) is 35.9 Å². The van der Waals surface area contributed by atoms with Gasteiger partial charge in [-0.2, -0.15) is 0 Å². The van der Waals surface area contributed by atoms with Gasteiger partial charge in [0.1, 0.15) is 0 Å². The molecular weight excluding hydrogens is 298 g/mol. The van der Waals surface area contributed by atoms with Gasteiger partial charge in [0.2, 0.25) is 0 Å². The van der Waals surface area contributed by atoms with E-state index < -0.39 is 0 Å².